The number of imidazole rings is 1. The van der Waals surface area contributed by atoms with Crippen molar-refractivity contribution in [1.29, 1.82) is 0 Å². The van der Waals surface area contributed by atoms with Gasteiger partial charge in [0.2, 0.25) is 0 Å². The Kier molecular flexibility index (Phi) is 5.68. The molecule has 33 heavy (non-hydrogen) atoms. The number of carbonyl (C=O) groups is 1. The number of aromatic nitrogens is 4. The molecule has 3 aromatic heterocycles. The number of aryl methyl sites for hydroxylation is 1. The van der Waals surface area contributed by atoms with Gasteiger partial charge < -0.3 is 10.2 Å². The fourth-order valence-corrected chi connectivity index (χ4v) is 4.20. The van der Waals surface area contributed by atoms with Crippen LogP contribution in [0.4, 0.5) is 11.4 Å². The van der Waals surface area contributed by atoms with Gasteiger partial charge in [0, 0.05) is 23.5 Å². The van der Waals surface area contributed by atoms with Gasteiger partial charge in [-0.25, -0.2) is 4.98 Å². The summed E-state index contributed by atoms with van der Waals surface area (Å²) in [5.41, 5.74) is 5.91. The van der Waals surface area contributed by atoms with Crippen molar-refractivity contribution in [2.24, 2.45) is 0 Å². The molecule has 1 aromatic carbocycles. The standard InChI is InChI=1S/C26H26N6O/c1-19-5-6-20(18-33)14-21(19)7-8-24-16-27-26-25(4-3-11-31(24)26)29-22-15-28-32(17-22)23-9-12-30(2)13-10-23/h3-6,11,14-18,23,29H,9-10,12-13H2,1-2H3. The first kappa shape index (κ1) is 21.0. The molecule has 5 rings (SSSR count). The maximum Gasteiger partial charge on any atom is 0.161 e. The van der Waals surface area contributed by atoms with Crippen molar-refractivity contribution in [1.82, 2.24) is 24.1 Å². The number of anilines is 2. The molecule has 0 saturated carbocycles. The van der Waals surface area contributed by atoms with E-state index in [0.717, 1.165) is 66.1 Å². The zero-order valence-electron chi connectivity index (χ0n) is 18.8. The number of piperidine rings is 1. The average molecular weight is 439 g/mol. The summed E-state index contributed by atoms with van der Waals surface area (Å²) in [5.74, 6) is 6.39. The summed E-state index contributed by atoms with van der Waals surface area (Å²) in [6.45, 7) is 4.19. The molecule has 0 amide bonds. The fraction of sp³-hybridized carbons (Fsp3) is 0.269. The number of nitrogens with zero attached hydrogens (tertiary/aromatic N) is 5. The predicted molar refractivity (Wildman–Crippen MR) is 129 cm³/mol. The number of rotatable bonds is 4. The Bertz CT molecular complexity index is 1360. The van der Waals surface area contributed by atoms with E-state index in [-0.39, 0.29) is 0 Å². The summed E-state index contributed by atoms with van der Waals surface area (Å²) in [6, 6.07) is 9.95. The number of aldehydes is 1. The lowest BCUT2D eigenvalue weighted by Crippen LogP contribution is -2.31. The van der Waals surface area contributed by atoms with Crippen LogP contribution < -0.4 is 5.32 Å². The van der Waals surface area contributed by atoms with Gasteiger partial charge in [-0.3, -0.25) is 13.9 Å². The minimum absolute atomic E-state index is 0.446. The molecular weight excluding hydrogens is 412 g/mol. The van der Waals surface area contributed by atoms with E-state index in [9.17, 15) is 4.79 Å². The largest absolute Gasteiger partial charge is 0.350 e. The Morgan fingerprint density at radius 2 is 2.00 bits per heavy atom. The number of hydrogen-bond acceptors (Lipinski definition) is 5. The molecule has 7 heteroatoms. The van der Waals surface area contributed by atoms with Crippen molar-refractivity contribution in [3.8, 4) is 11.8 Å². The predicted octanol–water partition coefficient (Wildman–Crippen LogP) is 4.06. The van der Waals surface area contributed by atoms with Crippen LogP contribution in [-0.4, -0.2) is 50.5 Å². The summed E-state index contributed by atoms with van der Waals surface area (Å²) in [5, 5.41) is 8.06. The molecule has 0 radical (unpaired) electrons. The number of likely N-dealkylation sites (tertiary alicyclic amines) is 1. The molecule has 0 atom stereocenters. The van der Waals surface area contributed by atoms with Crippen LogP contribution in [-0.2, 0) is 0 Å². The quantitative estimate of drug-likeness (QED) is 0.384. The van der Waals surface area contributed by atoms with Crippen LogP contribution >= 0.6 is 0 Å². The summed E-state index contributed by atoms with van der Waals surface area (Å²) < 4.78 is 4.04. The summed E-state index contributed by atoms with van der Waals surface area (Å²) in [6.07, 6.45) is 10.7. The summed E-state index contributed by atoms with van der Waals surface area (Å²) >= 11 is 0. The highest BCUT2D eigenvalue weighted by Gasteiger charge is 2.19. The Morgan fingerprint density at radius 3 is 2.82 bits per heavy atom. The molecule has 1 saturated heterocycles. The number of fused-ring (bicyclic) bond motifs is 1. The minimum atomic E-state index is 0.446. The molecular formula is C26H26N6O. The van der Waals surface area contributed by atoms with Gasteiger partial charge in [-0.05, 0) is 69.6 Å². The Labute approximate surface area is 193 Å². The van der Waals surface area contributed by atoms with Gasteiger partial charge in [0.1, 0.15) is 12.0 Å². The number of hydrogen-bond donors (Lipinski definition) is 1. The van der Waals surface area contributed by atoms with E-state index >= 15 is 0 Å². The molecule has 1 aliphatic rings. The maximum atomic E-state index is 11.1. The highest BCUT2D eigenvalue weighted by atomic mass is 16.1. The smallest absolute Gasteiger partial charge is 0.161 e. The first-order valence-corrected chi connectivity index (χ1v) is 11.1. The third-order valence-electron chi connectivity index (χ3n) is 6.20. The van der Waals surface area contributed by atoms with E-state index in [2.05, 4.69) is 50.1 Å². The van der Waals surface area contributed by atoms with Crippen LogP contribution in [0, 0.1) is 18.8 Å². The van der Waals surface area contributed by atoms with Gasteiger partial charge in [0.05, 0.1) is 29.8 Å². The third-order valence-corrected chi connectivity index (χ3v) is 6.20. The van der Waals surface area contributed by atoms with Gasteiger partial charge in [0.15, 0.2) is 5.65 Å². The monoisotopic (exact) mass is 438 g/mol. The maximum absolute atomic E-state index is 11.1. The summed E-state index contributed by atoms with van der Waals surface area (Å²) in [7, 11) is 2.17. The number of carbonyl (C=O) groups excluding carboxylic acids is 1. The topological polar surface area (TPSA) is 67.5 Å². The van der Waals surface area contributed by atoms with Crippen molar-refractivity contribution in [2.75, 3.05) is 25.5 Å². The highest BCUT2D eigenvalue weighted by Crippen LogP contribution is 2.25. The molecule has 1 fully saturated rings. The van der Waals surface area contributed by atoms with Crippen molar-refractivity contribution >= 4 is 23.3 Å². The van der Waals surface area contributed by atoms with E-state index < -0.39 is 0 Å². The minimum Gasteiger partial charge on any atom is -0.350 e. The zero-order chi connectivity index (χ0) is 22.8. The van der Waals surface area contributed by atoms with Gasteiger partial charge in [-0.15, -0.1) is 0 Å². The van der Waals surface area contributed by atoms with Gasteiger partial charge in [0.25, 0.3) is 0 Å². The third kappa shape index (κ3) is 4.38. The lowest BCUT2D eigenvalue weighted by molar-refractivity contribution is 0.112. The zero-order valence-corrected chi connectivity index (χ0v) is 18.8. The second-order valence-corrected chi connectivity index (χ2v) is 8.57. The van der Waals surface area contributed by atoms with Crippen LogP contribution in [0.1, 0.15) is 46.1 Å². The van der Waals surface area contributed by atoms with Gasteiger partial charge >= 0.3 is 0 Å². The second kappa shape index (κ2) is 8.93. The molecule has 0 unspecified atom stereocenters. The Hall–Kier alpha value is -3.89. The Balaban J connectivity index is 1.39. The number of nitrogens with one attached hydrogen (secondary N) is 1. The van der Waals surface area contributed by atoms with E-state index in [0.29, 0.717) is 11.6 Å². The molecule has 7 nitrogen and oxygen atoms in total. The molecule has 166 valence electrons. The fourth-order valence-electron chi connectivity index (χ4n) is 4.20. The van der Waals surface area contributed by atoms with Crippen LogP contribution in [0.2, 0.25) is 0 Å². The highest BCUT2D eigenvalue weighted by molar-refractivity contribution is 5.76. The number of benzene rings is 1. The lowest BCUT2D eigenvalue weighted by Gasteiger charge is -2.28. The molecule has 4 aromatic rings. The van der Waals surface area contributed by atoms with Crippen molar-refractivity contribution in [2.45, 2.75) is 25.8 Å². The Morgan fingerprint density at radius 1 is 1.15 bits per heavy atom. The van der Waals surface area contributed by atoms with E-state index in [1.54, 1.807) is 12.3 Å². The van der Waals surface area contributed by atoms with Crippen molar-refractivity contribution in [3.05, 3.63) is 77.5 Å². The second-order valence-electron chi connectivity index (χ2n) is 8.57. The summed E-state index contributed by atoms with van der Waals surface area (Å²) in [4.78, 5) is 18.0. The van der Waals surface area contributed by atoms with Crippen LogP contribution in [0.25, 0.3) is 5.65 Å². The first-order chi connectivity index (χ1) is 16.1. The van der Waals surface area contributed by atoms with Crippen LogP contribution in [0.3, 0.4) is 0 Å². The van der Waals surface area contributed by atoms with Crippen LogP contribution in [0.15, 0.2) is 55.1 Å². The van der Waals surface area contributed by atoms with Crippen molar-refractivity contribution < 1.29 is 4.79 Å². The molecule has 1 N–H and O–H groups in total. The van der Waals surface area contributed by atoms with E-state index in [1.807, 2.05) is 48.0 Å². The van der Waals surface area contributed by atoms with Gasteiger partial charge in [-0.2, -0.15) is 5.10 Å². The van der Waals surface area contributed by atoms with E-state index in [4.69, 9.17) is 0 Å². The normalized spacial score (nSPS) is 14.7. The van der Waals surface area contributed by atoms with Crippen molar-refractivity contribution in [3.63, 3.8) is 0 Å². The molecule has 0 bridgehead atoms. The first-order valence-electron chi connectivity index (χ1n) is 11.1. The van der Waals surface area contributed by atoms with Crippen LogP contribution in [0.5, 0.6) is 0 Å². The molecule has 0 aliphatic carbocycles. The molecule has 1 aliphatic heterocycles. The average Bonchev–Trinajstić information content (AvgIpc) is 3.47. The number of pyridine rings is 1. The lowest BCUT2D eigenvalue weighted by atomic mass is 10.1. The molecule has 0 spiro atoms. The molecule has 4 heterocycles. The van der Waals surface area contributed by atoms with E-state index in [1.165, 1.54) is 0 Å². The SMILES string of the molecule is Cc1ccc(C=O)cc1C#Cc1cnc2c(Nc3cnn(C4CCN(C)CC4)c3)cccn12. The van der Waals surface area contributed by atoms with Gasteiger partial charge in [-0.1, -0.05) is 18.1 Å².